The van der Waals surface area contributed by atoms with Gasteiger partial charge in [0.05, 0.1) is 0 Å². The van der Waals surface area contributed by atoms with Crippen molar-refractivity contribution in [2.75, 3.05) is 13.6 Å². The van der Waals surface area contributed by atoms with Crippen LogP contribution in [0.3, 0.4) is 0 Å². The molecule has 0 aliphatic heterocycles. The summed E-state index contributed by atoms with van der Waals surface area (Å²) >= 11 is 3.41. The van der Waals surface area contributed by atoms with Crippen molar-refractivity contribution in [1.82, 2.24) is 10.3 Å². The van der Waals surface area contributed by atoms with Crippen molar-refractivity contribution in [3.05, 3.63) is 58.8 Å². The molecule has 4 heteroatoms. The second-order valence-corrected chi connectivity index (χ2v) is 4.95. The Labute approximate surface area is 122 Å². The Bertz CT molecular complexity index is 505. The van der Waals surface area contributed by atoms with E-state index in [1.807, 2.05) is 37.4 Å². The average molecular weight is 321 g/mol. The minimum atomic E-state index is 0.0224. The van der Waals surface area contributed by atoms with Crippen molar-refractivity contribution in [1.29, 1.82) is 0 Å². The number of ether oxygens (including phenoxy) is 1. The third-order valence-electron chi connectivity index (χ3n) is 2.82. The number of pyridine rings is 1. The number of nitrogens with zero attached hydrogens (tertiary/aromatic N) is 1. The minimum absolute atomic E-state index is 0.0224. The lowest BCUT2D eigenvalue weighted by Crippen LogP contribution is -2.16. The van der Waals surface area contributed by atoms with Crippen LogP contribution in [0, 0.1) is 0 Å². The standard InChI is InChI=1S/C15H17BrN2O/c1-17-11-9-13(12-6-3-2-4-7-12)19-14-8-5-10-18-15(14)16/h2-8,10,13,17H,9,11H2,1H3/t13-/m1/s1. The third-order valence-corrected chi connectivity index (χ3v) is 3.42. The molecule has 0 aliphatic carbocycles. The lowest BCUT2D eigenvalue weighted by atomic mass is 10.1. The van der Waals surface area contributed by atoms with Gasteiger partial charge in [-0.15, -0.1) is 0 Å². The monoisotopic (exact) mass is 320 g/mol. The molecule has 1 N–H and O–H groups in total. The molecule has 19 heavy (non-hydrogen) atoms. The van der Waals surface area contributed by atoms with Gasteiger partial charge in [0, 0.05) is 12.6 Å². The van der Waals surface area contributed by atoms with E-state index >= 15 is 0 Å². The van der Waals surface area contributed by atoms with Crippen LogP contribution in [-0.4, -0.2) is 18.6 Å². The van der Waals surface area contributed by atoms with Gasteiger partial charge in [0.15, 0.2) is 5.75 Å². The maximum absolute atomic E-state index is 6.08. The number of hydrogen-bond acceptors (Lipinski definition) is 3. The smallest absolute Gasteiger partial charge is 0.153 e. The zero-order valence-electron chi connectivity index (χ0n) is 10.8. The number of benzene rings is 1. The van der Waals surface area contributed by atoms with Gasteiger partial charge < -0.3 is 10.1 Å². The second kappa shape index (κ2) is 7.26. The molecule has 0 aliphatic rings. The van der Waals surface area contributed by atoms with Crippen LogP contribution in [0.5, 0.6) is 5.75 Å². The fourth-order valence-corrected chi connectivity index (χ4v) is 2.19. The van der Waals surface area contributed by atoms with Crippen LogP contribution in [0.1, 0.15) is 18.1 Å². The molecule has 3 nitrogen and oxygen atoms in total. The van der Waals surface area contributed by atoms with E-state index in [1.165, 1.54) is 5.56 Å². The Morgan fingerprint density at radius 2 is 2.00 bits per heavy atom. The van der Waals surface area contributed by atoms with Crippen molar-refractivity contribution < 1.29 is 4.74 Å². The van der Waals surface area contributed by atoms with Gasteiger partial charge in [-0.2, -0.15) is 0 Å². The van der Waals surface area contributed by atoms with Crippen LogP contribution < -0.4 is 10.1 Å². The van der Waals surface area contributed by atoms with Crippen molar-refractivity contribution in [3.8, 4) is 5.75 Å². The number of rotatable bonds is 6. The van der Waals surface area contributed by atoms with Crippen LogP contribution in [0.15, 0.2) is 53.3 Å². The molecule has 0 spiro atoms. The molecule has 1 atom stereocenters. The largest absolute Gasteiger partial charge is 0.483 e. The molecule has 0 bridgehead atoms. The Morgan fingerprint density at radius 3 is 2.68 bits per heavy atom. The quantitative estimate of drug-likeness (QED) is 0.826. The summed E-state index contributed by atoms with van der Waals surface area (Å²) in [5, 5.41) is 3.16. The van der Waals surface area contributed by atoms with Crippen molar-refractivity contribution in [2.24, 2.45) is 0 Å². The SMILES string of the molecule is CNCC[C@@H](Oc1cccnc1Br)c1ccccc1. The highest BCUT2D eigenvalue weighted by molar-refractivity contribution is 9.10. The number of halogens is 1. The Morgan fingerprint density at radius 1 is 1.21 bits per heavy atom. The highest BCUT2D eigenvalue weighted by Gasteiger charge is 2.14. The van der Waals surface area contributed by atoms with Gasteiger partial charge in [-0.25, -0.2) is 4.98 Å². The van der Waals surface area contributed by atoms with Crippen LogP contribution in [0.4, 0.5) is 0 Å². The van der Waals surface area contributed by atoms with E-state index in [0.29, 0.717) is 0 Å². The summed E-state index contributed by atoms with van der Waals surface area (Å²) in [6, 6.07) is 14.0. The van der Waals surface area contributed by atoms with Crippen molar-refractivity contribution >= 4 is 15.9 Å². The Hall–Kier alpha value is -1.39. The van der Waals surface area contributed by atoms with E-state index in [4.69, 9.17) is 4.74 Å². The number of aromatic nitrogens is 1. The predicted octanol–water partition coefficient (Wildman–Crippen LogP) is 3.57. The minimum Gasteiger partial charge on any atom is -0.483 e. The number of hydrogen-bond donors (Lipinski definition) is 1. The molecule has 0 saturated carbocycles. The summed E-state index contributed by atoms with van der Waals surface area (Å²) in [6.45, 7) is 0.900. The molecular weight excluding hydrogens is 304 g/mol. The summed E-state index contributed by atoms with van der Waals surface area (Å²) in [6.07, 6.45) is 2.67. The molecule has 0 radical (unpaired) electrons. The highest BCUT2D eigenvalue weighted by Crippen LogP contribution is 2.28. The zero-order valence-corrected chi connectivity index (χ0v) is 12.4. The molecule has 100 valence electrons. The highest BCUT2D eigenvalue weighted by atomic mass is 79.9. The van der Waals surface area contributed by atoms with E-state index < -0.39 is 0 Å². The second-order valence-electron chi connectivity index (χ2n) is 4.20. The number of nitrogens with one attached hydrogen (secondary N) is 1. The summed E-state index contributed by atoms with van der Waals surface area (Å²) < 4.78 is 6.82. The molecule has 2 aromatic rings. The van der Waals surface area contributed by atoms with Crippen LogP contribution in [-0.2, 0) is 0 Å². The first-order valence-electron chi connectivity index (χ1n) is 6.28. The molecular formula is C15H17BrN2O. The molecule has 1 aromatic heterocycles. The molecule has 1 aromatic carbocycles. The van der Waals surface area contributed by atoms with Gasteiger partial charge >= 0.3 is 0 Å². The van der Waals surface area contributed by atoms with Gasteiger partial charge in [0.1, 0.15) is 10.7 Å². The normalized spacial score (nSPS) is 12.1. The van der Waals surface area contributed by atoms with Crippen molar-refractivity contribution in [2.45, 2.75) is 12.5 Å². The van der Waals surface area contributed by atoms with Gasteiger partial charge in [-0.05, 0) is 47.2 Å². The van der Waals surface area contributed by atoms with Gasteiger partial charge in [-0.3, -0.25) is 0 Å². The van der Waals surface area contributed by atoms with E-state index in [-0.39, 0.29) is 6.10 Å². The fourth-order valence-electron chi connectivity index (χ4n) is 1.85. The molecule has 1 heterocycles. The lowest BCUT2D eigenvalue weighted by molar-refractivity contribution is 0.193. The van der Waals surface area contributed by atoms with Crippen LogP contribution >= 0.6 is 15.9 Å². The van der Waals surface area contributed by atoms with Crippen LogP contribution in [0.25, 0.3) is 0 Å². The summed E-state index contributed by atoms with van der Waals surface area (Å²) in [7, 11) is 1.95. The average Bonchev–Trinajstić information content (AvgIpc) is 2.46. The maximum Gasteiger partial charge on any atom is 0.153 e. The van der Waals surface area contributed by atoms with E-state index in [9.17, 15) is 0 Å². The van der Waals surface area contributed by atoms with E-state index in [1.54, 1.807) is 6.20 Å². The van der Waals surface area contributed by atoms with E-state index in [0.717, 1.165) is 23.3 Å². The van der Waals surface area contributed by atoms with E-state index in [2.05, 4.69) is 38.4 Å². The maximum atomic E-state index is 6.08. The Balaban J connectivity index is 2.17. The fraction of sp³-hybridized carbons (Fsp3) is 0.267. The topological polar surface area (TPSA) is 34.1 Å². The summed E-state index contributed by atoms with van der Waals surface area (Å²) in [4.78, 5) is 4.18. The summed E-state index contributed by atoms with van der Waals surface area (Å²) in [5.41, 5.74) is 1.17. The molecule has 2 rings (SSSR count). The molecule has 0 unspecified atom stereocenters. The van der Waals surface area contributed by atoms with Crippen molar-refractivity contribution in [3.63, 3.8) is 0 Å². The zero-order chi connectivity index (χ0) is 13.5. The molecule has 0 amide bonds. The van der Waals surface area contributed by atoms with Crippen LogP contribution in [0.2, 0.25) is 0 Å². The first-order valence-corrected chi connectivity index (χ1v) is 7.07. The molecule has 0 fully saturated rings. The summed E-state index contributed by atoms with van der Waals surface area (Å²) in [5.74, 6) is 0.771. The first-order chi connectivity index (χ1) is 9.31. The Kier molecular flexibility index (Phi) is 5.36. The lowest BCUT2D eigenvalue weighted by Gasteiger charge is -2.20. The first kappa shape index (κ1) is 14.0. The predicted molar refractivity (Wildman–Crippen MR) is 80.3 cm³/mol. The van der Waals surface area contributed by atoms with Gasteiger partial charge in [-0.1, -0.05) is 30.3 Å². The van der Waals surface area contributed by atoms with Gasteiger partial charge in [0.25, 0.3) is 0 Å². The third kappa shape index (κ3) is 4.04. The van der Waals surface area contributed by atoms with Gasteiger partial charge in [0.2, 0.25) is 0 Å². The molecule has 0 saturated heterocycles.